The molecule has 3 aliphatic rings. The Morgan fingerprint density at radius 1 is 1.11 bits per heavy atom. The minimum Gasteiger partial charge on any atom is -0.352 e. The molecule has 1 N–H and O–H groups in total. The van der Waals surface area contributed by atoms with Crippen LogP contribution in [-0.2, 0) is 0 Å². The van der Waals surface area contributed by atoms with Gasteiger partial charge in [0.05, 0.1) is 0 Å². The van der Waals surface area contributed by atoms with Crippen LogP contribution in [0.25, 0.3) is 0 Å². The van der Waals surface area contributed by atoms with Crippen LogP contribution in [0.1, 0.15) is 29.6 Å². The Labute approximate surface area is 112 Å². The van der Waals surface area contributed by atoms with Crippen LogP contribution in [0, 0.1) is 35.4 Å². The summed E-state index contributed by atoms with van der Waals surface area (Å²) in [6.07, 6.45) is 4.14. The van der Waals surface area contributed by atoms with Crippen molar-refractivity contribution in [1.82, 2.24) is 5.32 Å². The molecule has 3 saturated carbocycles. The van der Waals surface area contributed by atoms with E-state index in [2.05, 4.69) is 5.32 Å². The highest BCUT2D eigenvalue weighted by atomic mass is 19.1. The van der Waals surface area contributed by atoms with Gasteiger partial charge in [-0.1, -0.05) is 0 Å². The molecule has 0 radical (unpaired) electrons. The Morgan fingerprint density at radius 3 is 2.58 bits per heavy atom. The molecule has 0 heterocycles. The summed E-state index contributed by atoms with van der Waals surface area (Å²) < 4.78 is 12.8. The Kier molecular flexibility index (Phi) is 2.44. The van der Waals surface area contributed by atoms with Gasteiger partial charge in [0.25, 0.3) is 5.91 Å². The number of halogens is 1. The van der Waals surface area contributed by atoms with Crippen LogP contribution in [-0.4, -0.2) is 12.5 Å². The molecule has 3 fully saturated rings. The molecule has 2 nitrogen and oxygen atoms in total. The van der Waals surface area contributed by atoms with E-state index >= 15 is 0 Å². The van der Waals surface area contributed by atoms with Crippen LogP contribution < -0.4 is 5.32 Å². The van der Waals surface area contributed by atoms with Gasteiger partial charge in [0.15, 0.2) is 0 Å². The molecule has 3 aliphatic carbocycles. The van der Waals surface area contributed by atoms with Gasteiger partial charge >= 0.3 is 0 Å². The monoisotopic (exact) mass is 259 g/mol. The lowest BCUT2D eigenvalue weighted by molar-refractivity contribution is 0.0941. The highest BCUT2D eigenvalue weighted by Gasteiger charge is 2.60. The second-order valence-electron chi connectivity index (χ2n) is 6.44. The average molecular weight is 259 g/mol. The first-order valence-corrected chi connectivity index (χ1v) is 7.26. The minimum absolute atomic E-state index is 0.0740. The first kappa shape index (κ1) is 11.4. The summed E-state index contributed by atoms with van der Waals surface area (Å²) in [6, 6.07) is 5.76. The summed E-state index contributed by atoms with van der Waals surface area (Å²) in [6.45, 7) is 0.792. The third-order valence-electron chi connectivity index (χ3n) is 5.46. The third-order valence-corrected chi connectivity index (χ3v) is 5.46. The van der Waals surface area contributed by atoms with Crippen molar-refractivity contribution < 1.29 is 9.18 Å². The van der Waals surface area contributed by atoms with Crippen LogP contribution in [0.4, 0.5) is 4.39 Å². The van der Waals surface area contributed by atoms with E-state index in [1.165, 1.54) is 31.4 Å². The highest BCUT2D eigenvalue weighted by Crippen LogP contribution is 2.67. The number of fused-ring (bicyclic) bond motifs is 5. The molecule has 5 atom stereocenters. The zero-order valence-corrected chi connectivity index (χ0v) is 10.8. The van der Waals surface area contributed by atoms with Crippen molar-refractivity contribution >= 4 is 5.91 Å². The summed E-state index contributed by atoms with van der Waals surface area (Å²) >= 11 is 0. The van der Waals surface area contributed by atoms with Gasteiger partial charge in [-0.25, -0.2) is 4.39 Å². The molecular weight excluding hydrogens is 241 g/mol. The maximum atomic E-state index is 12.8. The molecule has 1 amide bonds. The molecule has 1 aromatic carbocycles. The number of hydrogen-bond donors (Lipinski definition) is 1. The summed E-state index contributed by atoms with van der Waals surface area (Å²) in [5, 5.41) is 3.02. The van der Waals surface area contributed by atoms with Crippen molar-refractivity contribution in [3.63, 3.8) is 0 Å². The lowest BCUT2D eigenvalue weighted by atomic mass is 9.88. The zero-order valence-electron chi connectivity index (χ0n) is 10.8. The normalized spacial score (nSPS) is 38.1. The van der Waals surface area contributed by atoms with E-state index in [0.29, 0.717) is 11.5 Å². The number of carbonyl (C=O) groups is 1. The van der Waals surface area contributed by atoms with Gasteiger partial charge in [-0.2, -0.15) is 0 Å². The van der Waals surface area contributed by atoms with Crippen molar-refractivity contribution in [2.45, 2.75) is 19.3 Å². The van der Waals surface area contributed by atoms with E-state index in [1.807, 2.05) is 0 Å². The molecule has 0 aromatic heterocycles. The van der Waals surface area contributed by atoms with Gasteiger partial charge in [0.2, 0.25) is 0 Å². The van der Waals surface area contributed by atoms with Gasteiger partial charge in [-0.3, -0.25) is 4.79 Å². The van der Waals surface area contributed by atoms with E-state index in [-0.39, 0.29) is 11.7 Å². The minimum atomic E-state index is -0.301. The van der Waals surface area contributed by atoms with Crippen LogP contribution in [0.2, 0.25) is 0 Å². The van der Waals surface area contributed by atoms with Gasteiger partial charge in [0.1, 0.15) is 5.82 Å². The van der Waals surface area contributed by atoms with Gasteiger partial charge in [-0.05, 0) is 73.1 Å². The number of carbonyl (C=O) groups excluding carboxylic acids is 1. The lowest BCUT2D eigenvalue weighted by Crippen LogP contribution is -2.32. The predicted molar refractivity (Wildman–Crippen MR) is 70.0 cm³/mol. The molecule has 0 aliphatic heterocycles. The molecule has 0 saturated heterocycles. The van der Waals surface area contributed by atoms with Crippen LogP contribution in [0.15, 0.2) is 24.3 Å². The summed E-state index contributed by atoms with van der Waals surface area (Å²) in [4.78, 5) is 12.0. The molecule has 3 heteroatoms. The topological polar surface area (TPSA) is 29.1 Å². The lowest BCUT2D eigenvalue weighted by Gasteiger charge is -2.21. The molecule has 19 heavy (non-hydrogen) atoms. The van der Waals surface area contributed by atoms with Crippen LogP contribution in [0.3, 0.4) is 0 Å². The van der Waals surface area contributed by atoms with E-state index in [0.717, 1.165) is 30.2 Å². The highest BCUT2D eigenvalue weighted by molar-refractivity contribution is 5.94. The second-order valence-corrected chi connectivity index (χ2v) is 6.44. The van der Waals surface area contributed by atoms with Crippen LogP contribution >= 0.6 is 0 Å². The number of rotatable bonds is 3. The molecule has 100 valence electrons. The van der Waals surface area contributed by atoms with Crippen LogP contribution in [0.5, 0.6) is 0 Å². The van der Waals surface area contributed by atoms with E-state index in [9.17, 15) is 9.18 Å². The smallest absolute Gasteiger partial charge is 0.251 e. The summed E-state index contributed by atoms with van der Waals surface area (Å²) in [5.41, 5.74) is 0.550. The number of nitrogens with one attached hydrogen (secondary N) is 1. The molecule has 1 aromatic rings. The largest absolute Gasteiger partial charge is 0.352 e. The third kappa shape index (κ3) is 1.87. The first-order valence-electron chi connectivity index (χ1n) is 7.26. The van der Waals surface area contributed by atoms with Gasteiger partial charge < -0.3 is 5.32 Å². The van der Waals surface area contributed by atoms with Crippen molar-refractivity contribution in [2.75, 3.05) is 6.54 Å². The second kappa shape index (κ2) is 4.06. The Morgan fingerprint density at radius 2 is 1.89 bits per heavy atom. The predicted octanol–water partition coefficient (Wildman–Crippen LogP) is 2.85. The van der Waals surface area contributed by atoms with Crippen molar-refractivity contribution in [1.29, 1.82) is 0 Å². The van der Waals surface area contributed by atoms with E-state index in [1.54, 1.807) is 12.1 Å². The average Bonchev–Trinajstić information content (AvgIpc) is 3.03. The summed E-state index contributed by atoms with van der Waals surface area (Å²) in [7, 11) is 0. The summed E-state index contributed by atoms with van der Waals surface area (Å²) in [5.74, 6) is 4.13. The molecule has 0 spiro atoms. The van der Waals surface area contributed by atoms with Crippen molar-refractivity contribution in [3.05, 3.63) is 35.6 Å². The standard InChI is InChI=1S/C16H18FNO/c17-12-3-1-9(2-4-12)16(19)18-8-11-5-10-6-13(11)15-7-14(10)15/h1-4,10-11,13-15H,5-8H2,(H,18,19)/t10-,11-,13-,14+,15-/m1/s1. The first-order chi connectivity index (χ1) is 9.22. The number of benzene rings is 1. The molecular formula is C16H18FNO. The Bertz CT molecular complexity index is 512. The number of hydrogen-bond acceptors (Lipinski definition) is 1. The number of amides is 1. The quantitative estimate of drug-likeness (QED) is 0.888. The fraction of sp³-hybridized carbons (Fsp3) is 0.562. The van der Waals surface area contributed by atoms with Crippen molar-refractivity contribution in [3.8, 4) is 0 Å². The molecule has 0 unspecified atom stereocenters. The Hall–Kier alpha value is -1.38. The van der Waals surface area contributed by atoms with E-state index < -0.39 is 0 Å². The molecule has 4 rings (SSSR count). The maximum Gasteiger partial charge on any atom is 0.251 e. The SMILES string of the molecule is O=C(NC[C@H]1C[C@@H]2C[C@H]1[C@H]1C[C@@H]21)c1ccc(F)cc1. The van der Waals surface area contributed by atoms with E-state index in [4.69, 9.17) is 0 Å². The zero-order chi connectivity index (χ0) is 13.0. The van der Waals surface area contributed by atoms with Gasteiger partial charge in [0, 0.05) is 12.1 Å². The van der Waals surface area contributed by atoms with Crippen molar-refractivity contribution in [2.24, 2.45) is 29.6 Å². The fourth-order valence-electron chi connectivity index (χ4n) is 4.51. The molecule has 2 bridgehead atoms. The van der Waals surface area contributed by atoms with Gasteiger partial charge in [-0.15, -0.1) is 0 Å². The fourth-order valence-corrected chi connectivity index (χ4v) is 4.51. The maximum absolute atomic E-state index is 12.8. The Balaban J connectivity index is 1.35.